The molecule has 4 atom stereocenters. The van der Waals surface area contributed by atoms with Crippen molar-refractivity contribution < 1.29 is 35.1 Å². The summed E-state index contributed by atoms with van der Waals surface area (Å²) in [6.07, 6.45) is -4.79. The SMILES string of the molecule is O=C(O)[C@@]1(O)C[C@@H](O)[C@H](O)[C@@H](CO)O1. The van der Waals surface area contributed by atoms with Gasteiger partial charge in [-0.3, -0.25) is 0 Å². The zero-order valence-corrected chi connectivity index (χ0v) is 7.20. The van der Waals surface area contributed by atoms with Crippen LogP contribution in [-0.2, 0) is 9.53 Å². The molecular formula is C7H12O7. The van der Waals surface area contributed by atoms with Gasteiger partial charge in [-0.15, -0.1) is 0 Å². The van der Waals surface area contributed by atoms with Crippen molar-refractivity contribution in [2.75, 3.05) is 6.61 Å². The summed E-state index contributed by atoms with van der Waals surface area (Å²) >= 11 is 0. The van der Waals surface area contributed by atoms with Crippen LogP contribution in [0.15, 0.2) is 0 Å². The number of carbonyl (C=O) groups is 1. The highest BCUT2D eigenvalue weighted by atomic mass is 16.7. The number of hydrogen-bond donors (Lipinski definition) is 5. The van der Waals surface area contributed by atoms with Crippen molar-refractivity contribution in [1.82, 2.24) is 0 Å². The minimum absolute atomic E-state index is 0.639. The van der Waals surface area contributed by atoms with Gasteiger partial charge in [0.1, 0.15) is 12.2 Å². The van der Waals surface area contributed by atoms with E-state index in [2.05, 4.69) is 4.74 Å². The molecule has 1 aliphatic heterocycles. The van der Waals surface area contributed by atoms with Gasteiger partial charge in [0.15, 0.2) is 0 Å². The van der Waals surface area contributed by atoms with Gasteiger partial charge in [0.05, 0.1) is 12.7 Å². The lowest BCUT2D eigenvalue weighted by atomic mass is 9.96. The van der Waals surface area contributed by atoms with Gasteiger partial charge in [0.2, 0.25) is 0 Å². The van der Waals surface area contributed by atoms with E-state index in [1.165, 1.54) is 0 Å². The Balaban J connectivity index is 2.81. The number of aliphatic carboxylic acids is 1. The molecule has 14 heavy (non-hydrogen) atoms. The fourth-order valence-electron chi connectivity index (χ4n) is 1.30. The molecule has 0 radical (unpaired) electrons. The summed E-state index contributed by atoms with van der Waals surface area (Å²) in [6.45, 7) is -0.687. The second kappa shape index (κ2) is 3.79. The molecule has 0 bridgehead atoms. The van der Waals surface area contributed by atoms with Gasteiger partial charge >= 0.3 is 5.97 Å². The van der Waals surface area contributed by atoms with Crippen LogP contribution in [0.4, 0.5) is 0 Å². The Hall–Kier alpha value is -0.730. The topological polar surface area (TPSA) is 127 Å². The van der Waals surface area contributed by atoms with Crippen molar-refractivity contribution in [1.29, 1.82) is 0 Å². The molecule has 0 spiro atoms. The molecule has 1 fully saturated rings. The molecule has 0 aromatic heterocycles. The van der Waals surface area contributed by atoms with Crippen molar-refractivity contribution in [3.05, 3.63) is 0 Å². The highest BCUT2D eigenvalue weighted by Crippen LogP contribution is 2.27. The van der Waals surface area contributed by atoms with E-state index in [1.807, 2.05) is 0 Å². The second-order valence-electron chi connectivity index (χ2n) is 3.19. The van der Waals surface area contributed by atoms with E-state index in [-0.39, 0.29) is 0 Å². The van der Waals surface area contributed by atoms with Crippen LogP contribution in [0, 0.1) is 0 Å². The summed E-state index contributed by atoms with van der Waals surface area (Å²) in [6, 6.07) is 0. The maximum Gasteiger partial charge on any atom is 0.364 e. The first-order valence-electron chi connectivity index (χ1n) is 4.01. The quantitative estimate of drug-likeness (QED) is 0.333. The molecule has 1 saturated heterocycles. The van der Waals surface area contributed by atoms with Gasteiger partial charge in [-0.2, -0.15) is 0 Å². The van der Waals surface area contributed by atoms with Crippen molar-refractivity contribution in [2.45, 2.75) is 30.5 Å². The summed E-state index contributed by atoms with van der Waals surface area (Å²) in [5.74, 6) is -4.21. The van der Waals surface area contributed by atoms with Crippen molar-refractivity contribution in [3.63, 3.8) is 0 Å². The minimum atomic E-state index is -2.55. The van der Waals surface area contributed by atoms with Crippen LogP contribution in [-0.4, -0.2) is 62.2 Å². The number of ether oxygens (including phenoxy) is 1. The van der Waals surface area contributed by atoms with Crippen molar-refractivity contribution >= 4 is 5.97 Å². The molecule has 0 aromatic carbocycles. The lowest BCUT2D eigenvalue weighted by Gasteiger charge is -2.39. The monoisotopic (exact) mass is 208 g/mol. The van der Waals surface area contributed by atoms with Crippen LogP contribution in [0.1, 0.15) is 6.42 Å². The first-order chi connectivity index (χ1) is 6.40. The predicted molar refractivity (Wildman–Crippen MR) is 41.2 cm³/mol. The normalized spacial score (nSPS) is 43.6. The molecule has 7 nitrogen and oxygen atoms in total. The predicted octanol–water partition coefficient (Wildman–Crippen LogP) is -2.74. The average molecular weight is 208 g/mol. The van der Waals surface area contributed by atoms with E-state index in [1.54, 1.807) is 0 Å². The highest BCUT2D eigenvalue weighted by molar-refractivity contribution is 5.75. The Kier molecular flexibility index (Phi) is 3.07. The lowest BCUT2D eigenvalue weighted by molar-refractivity contribution is -0.298. The number of hydrogen-bond acceptors (Lipinski definition) is 6. The molecule has 0 unspecified atom stereocenters. The van der Waals surface area contributed by atoms with E-state index in [0.717, 1.165) is 0 Å². The minimum Gasteiger partial charge on any atom is -0.477 e. The molecule has 0 aliphatic carbocycles. The average Bonchev–Trinajstić information content (AvgIpc) is 2.11. The molecule has 82 valence electrons. The van der Waals surface area contributed by atoms with Crippen molar-refractivity contribution in [3.8, 4) is 0 Å². The number of carboxylic acid groups (broad SMARTS) is 1. The maximum atomic E-state index is 10.5. The number of rotatable bonds is 2. The molecule has 1 heterocycles. The number of aliphatic hydroxyl groups is 4. The standard InChI is InChI=1S/C7H12O7/c8-2-4-5(10)3(9)1-7(13,14-4)6(11)12/h3-5,8-10,13H,1-2H2,(H,11,12)/t3-,4-,5+,7-/m1/s1. The molecule has 0 amide bonds. The first kappa shape index (κ1) is 11.3. The van der Waals surface area contributed by atoms with Crippen LogP contribution in [0.25, 0.3) is 0 Å². The number of aliphatic hydroxyl groups excluding tert-OH is 3. The van der Waals surface area contributed by atoms with Crippen LogP contribution in [0.3, 0.4) is 0 Å². The van der Waals surface area contributed by atoms with Crippen LogP contribution < -0.4 is 0 Å². The molecule has 1 rings (SSSR count). The van der Waals surface area contributed by atoms with E-state index in [9.17, 15) is 20.1 Å². The molecule has 0 aromatic rings. The van der Waals surface area contributed by atoms with Gasteiger partial charge in [-0.05, 0) is 0 Å². The fraction of sp³-hybridized carbons (Fsp3) is 0.857. The summed E-state index contributed by atoms with van der Waals surface area (Å²) in [4.78, 5) is 10.5. The van der Waals surface area contributed by atoms with Crippen LogP contribution in [0.5, 0.6) is 0 Å². The summed E-state index contributed by atoms with van der Waals surface area (Å²) in [5, 5.41) is 45.0. The largest absolute Gasteiger partial charge is 0.477 e. The van der Waals surface area contributed by atoms with Gasteiger partial charge in [-0.1, -0.05) is 0 Å². The molecule has 0 saturated carbocycles. The van der Waals surface area contributed by atoms with Gasteiger partial charge in [0, 0.05) is 6.42 Å². The highest BCUT2D eigenvalue weighted by Gasteiger charge is 2.50. The second-order valence-corrected chi connectivity index (χ2v) is 3.19. The number of carboxylic acids is 1. The van der Waals surface area contributed by atoms with Gasteiger partial charge in [0.25, 0.3) is 5.79 Å². The third kappa shape index (κ3) is 1.86. The lowest BCUT2D eigenvalue weighted by Crippen LogP contribution is -2.59. The van der Waals surface area contributed by atoms with Gasteiger partial charge in [-0.25, -0.2) is 4.79 Å². The fourth-order valence-corrected chi connectivity index (χ4v) is 1.30. The third-order valence-corrected chi connectivity index (χ3v) is 2.12. The Bertz CT molecular complexity index is 230. The third-order valence-electron chi connectivity index (χ3n) is 2.12. The Morgan fingerprint density at radius 1 is 1.50 bits per heavy atom. The smallest absolute Gasteiger partial charge is 0.364 e. The molecule has 1 aliphatic rings. The van der Waals surface area contributed by atoms with E-state index in [0.29, 0.717) is 0 Å². The molecule has 7 heteroatoms. The Labute approximate surface area is 79.2 Å². The Morgan fingerprint density at radius 3 is 2.50 bits per heavy atom. The Morgan fingerprint density at radius 2 is 2.07 bits per heavy atom. The van der Waals surface area contributed by atoms with E-state index in [4.69, 9.17) is 10.2 Å². The maximum absolute atomic E-state index is 10.5. The summed E-state index contributed by atoms with van der Waals surface area (Å²) in [7, 11) is 0. The van der Waals surface area contributed by atoms with E-state index >= 15 is 0 Å². The van der Waals surface area contributed by atoms with E-state index < -0.39 is 43.1 Å². The zero-order chi connectivity index (χ0) is 10.9. The van der Waals surface area contributed by atoms with Gasteiger partial charge < -0.3 is 30.3 Å². The first-order valence-corrected chi connectivity index (χ1v) is 4.01. The summed E-state index contributed by atoms with van der Waals surface area (Å²) in [5.41, 5.74) is 0. The van der Waals surface area contributed by atoms with Crippen molar-refractivity contribution in [2.24, 2.45) is 0 Å². The van der Waals surface area contributed by atoms with Crippen LogP contribution in [0.2, 0.25) is 0 Å². The molecule has 5 N–H and O–H groups in total. The van der Waals surface area contributed by atoms with Crippen LogP contribution >= 0.6 is 0 Å². The zero-order valence-electron chi connectivity index (χ0n) is 7.20. The molecular weight excluding hydrogens is 196 g/mol. The summed E-state index contributed by atoms with van der Waals surface area (Å²) < 4.78 is 4.56.